The lowest BCUT2D eigenvalue weighted by molar-refractivity contribution is -0.131. The molecule has 0 amide bonds. The fourth-order valence-corrected chi connectivity index (χ4v) is 1.58. The van der Waals surface area contributed by atoms with Gasteiger partial charge in [0.15, 0.2) is 0 Å². The van der Waals surface area contributed by atoms with Crippen molar-refractivity contribution < 1.29 is 9.90 Å². The molecule has 1 N–H and O–H groups in total. The van der Waals surface area contributed by atoms with Crippen molar-refractivity contribution in [1.29, 1.82) is 0 Å². The first kappa shape index (κ1) is 10.3. The molecular weight excluding hydrogens is 252 g/mol. The molecule has 2 nitrogen and oxygen atoms in total. The summed E-state index contributed by atoms with van der Waals surface area (Å²) in [5, 5.41) is 9.88. The van der Waals surface area contributed by atoms with Crippen LogP contribution >= 0.6 is 27.7 Å². The van der Waals surface area contributed by atoms with Crippen LogP contribution in [0.25, 0.3) is 0 Å². The molecule has 0 aliphatic rings. The van der Waals surface area contributed by atoms with Crippen molar-refractivity contribution in [2.75, 3.05) is 0 Å². The van der Waals surface area contributed by atoms with Crippen molar-refractivity contribution in [3.8, 4) is 0 Å². The van der Waals surface area contributed by atoms with E-state index in [2.05, 4.69) is 15.9 Å². The molecule has 1 rings (SSSR count). The molecule has 0 aromatic heterocycles. The van der Waals surface area contributed by atoms with Crippen molar-refractivity contribution in [3.63, 3.8) is 0 Å². The van der Waals surface area contributed by atoms with Gasteiger partial charge in [-0.25, -0.2) is 4.79 Å². The Hall–Kier alpha value is -0.740. The van der Waals surface area contributed by atoms with Crippen LogP contribution in [0.3, 0.4) is 0 Å². The Morgan fingerprint density at radius 3 is 2.54 bits per heavy atom. The zero-order chi connectivity index (χ0) is 9.68. The van der Waals surface area contributed by atoms with Gasteiger partial charge in [0.25, 0.3) is 0 Å². The molecular formula is C9H7BrO2S. The quantitative estimate of drug-likeness (QED) is 0.669. The van der Waals surface area contributed by atoms with Gasteiger partial charge in [0.05, 0.1) is 0 Å². The van der Waals surface area contributed by atoms with Crippen LogP contribution in [0.4, 0.5) is 0 Å². The lowest BCUT2D eigenvalue weighted by atomic mass is 10.4. The van der Waals surface area contributed by atoms with Crippen LogP contribution in [0.2, 0.25) is 0 Å². The van der Waals surface area contributed by atoms with Gasteiger partial charge < -0.3 is 5.11 Å². The molecule has 1 aromatic rings. The van der Waals surface area contributed by atoms with E-state index in [0.29, 0.717) is 0 Å². The number of hydrogen-bond acceptors (Lipinski definition) is 2. The van der Waals surface area contributed by atoms with E-state index in [1.54, 1.807) is 5.41 Å². The van der Waals surface area contributed by atoms with E-state index in [1.165, 1.54) is 11.8 Å². The molecule has 0 aliphatic carbocycles. The molecule has 0 atom stereocenters. The molecule has 0 unspecified atom stereocenters. The van der Waals surface area contributed by atoms with E-state index in [1.807, 2.05) is 24.3 Å². The Balaban J connectivity index is 2.55. The van der Waals surface area contributed by atoms with Gasteiger partial charge in [0.1, 0.15) is 0 Å². The van der Waals surface area contributed by atoms with Gasteiger partial charge in [-0.15, -0.1) is 0 Å². The van der Waals surface area contributed by atoms with Crippen molar-refractivity contribution in [2.45, 2.75) is 4.90 Å². The topological polar surface area (TPSA) is 37.3 Å². The average molecular weight is 259 g/mol. The van der Waals surface area contributed by atoms with E-state index >= 15 is 0 Å². The number of rotatable bonds is 3. The van der Waals surface area contributed by atoms with Gasteiger partial charge >= 0.3 is 5.97 Å². The highest BCUT2D eigenvalue weighted by Crippen LogP contribution is 2.21. The Kier molecular flexibility index (Phi) is 4.05. The number of benzene rings is 1. The van der Waals surface area contributed by atoms with E-state index in [9.17, 15) is 4.79 Å². The largest absolute Gasteiger partial charge is 0.478 e. The van der Waals surface area contributed by atoms with Crippen molar-refractivity contribution >= 4 is 33.7 Å². The van der Waals surface area contributed by atoms with E-state index in [0.717, 1.165) is 15.4 Å². The molecule has 1 aromatic carbocycles. The number of hydrogen-bond donors (Lipinski definition) is 1. The molecule has 0 fully saturated rings. The summed E-state index contributed by atoms with van der Waals surface area (Å²) < 4.78 is 1.01. The maximum atomic E-state index is 10.1. The number of halogens is 1. The van der Waals surface area contributed by atoms with Crippen LogP contribution in [-0.4, -0.2) is 11.1 Å². The Morgan fingerprint density at radius 2 is 2.00 bits per heavy atom. The second-order valence-corrected chi connectivity index (χ2v) is 4.11. The standard InChI is InChI=1S/C9H7BrO2S/c10-7-1-3-8(4-2-7)13-6-5-9(11)12/h1-6H,(H,11,12)/b6-5+. The molecule has 0 aliphatic heterocycles. The minimum absolute atomic E-state index is 0.926. The van der Waals surface area contributed by atoms with Crippen molar-refractivity contribution in [3.05, 3.63) is 40.2 Å². The SMILES string of the molecule is O=C(O)/C=C/Sc1ccc(Br)cc1. The van der Waals surface area contributed by atoms with E-state index < -0.39 is 5.97 Å². The summed E-state index contributed by atoms with van der Waals surface area (Å²) in [6.07, 6.45) is 1.12. The zero-order valence-corrected chi connectivity index (χ0v) is 9.01. The average Bonchev–Trinajstić information content (AvgIpc) is 2.08. The fourth-order valence-electron chi connectivity index (χ4n) is 0.684. The molecule has 0 saturated heterocycles. The molecule has 13 heavy (non-hydrogen) atoms. The Labute approximate surface area is 88.8 Å². The lowest BCUT2D eigenvalue weighted by Crippen LogP contribution is -1.84. The highest BCUT2D eigenvalue weighted by Gasteiger charge is 1.91. The van der Waals surface area contributed by atoms with Crippen molar-refractivity contribution in [2.24, 2.45) is 0 Å². The van der Waals surface area contributed by atoms with Gasteiger partial charge in [0, 0.05) is 15.4 Å². The highest BCUT2D eigenvalue weighted by molar-refractivity contribution is 9.10. The van der Waals surface area contributed by atoms with Gasteiger partial charge in [-0.05, 0) is 29.7 Å². The minimum Gasteiger partial charge on any atom is -0.478 e. The van der Waals surface area contributed by atoms with Crippen molar-refractivity contribution in [1.82, 2.24) is 0 Å². The first-order valence-electron chi connectivity index (χ1n) is 3.50. The van der Waals surface area contributed by atoms with Gasteiger partial charge in [-0.3, -0.25) is 0 Å². The van der Waals surface area contributed by atoms with Crippen LogP contribution in [0, 0.1) is 0 Å². The number of carbonyl (C=O) groups is 1. The van der Waals surface area contributed by atoms with E-state index in [4.69, 9.17) is 5.11 Å². The molecule has 68 valence electrons. The predicted octanol–water partition coefficient (Wildman–Crippen LogP) is 3.14. The second kappa shape index (κ2) is 5.09. The summed E-state index contributed by atoms with van der Waals surface area (Å²) in [7, 11) is 0. The van der Waals surface area contributed by atoms with Crippen LogP contribution in [0.15, 0.2) is 45.1 Å². The summed E-state index contributed by atoms with van der Waals surface area (Å²) in [6, 6.07) is 7.66. The van der Waals surface area contributed by atoms with Crippen LogP contribution in [0.5, 0.6) is 0 Å². The van der Waals surface area contributed by atoms with Crippen LogP contribution in [-0.2, 0) is 4.79 Å². The summed E-state index contributed by atoms with van der Waals surface area (Å²) in [4.78, 5) is 11.2. The molecule has 0 saturated carbocycles. The number of carboxylic acid groups (broad SMARTS) is 1. The maximum absolute atomic E-state index is 10.1. The summed E-state index contributed by atoms with van der Waals surface area (Å²) >= 11 is 4.69. The number of thioether (sulfide) groups is 1. The van der Waals surface area contributed by atoms with Gasteiger partial charge in [0.2, 0.25) is 0 Å². The molecule has 0 bridgehead atoms. The highest BCUT2D eigenvalue weighted by atomic mass is 79.9. The first-order valence-corrected chi connectivity index (χ1v) is 5.17. The third-order valence-electron chi connectivity index (χ3n) is 1.23. The zero-order valence-electron chi connectivity index (χ0n) is 6.61. The molecule has 0 spiro atoms. The molecule has 0 radical (unpaired) electrons. The molecule has 0 heterocycles. The summed E-state index contributed by atoms with van der Waals surface area (Å²) in [5.41, 5.74) is 0. The number of carboxylic acids is 1. The maximum Gasteiger partial charge on any atom is 0.328 e. The van der Waals surface area contributed by atoms with Crippen LogP contribution in [0.1, 0.15) is 0 Å². The van der Waals surface area contributed by atoms with Gasteiger partial charge in [-0.1, -0.05) is 27.7 Å². The number of aliphatic carboxylic acids is 1. The fraction of sp³-hybridized carbons (Fsp3) is 0. The molecule has 4 heteroatoms. The predicted molar refractivity (Wildman–Crippen MR) is 56.8 cm³/mol. The summed E-state index contributed by atoms with van der Waals surface area (Å²) in [6.45, 7) is 0. The Morgan fingerprint density at radius 1 is 1.38 bits per heavy atom. The summed E-state index contributed by atoms with van der Waals surface area (Å²) in [5.74, 6) is -0.926. The van der Waals surface area contributed by atoms with E-state index in [-0.39, 0.29) is 0 Å². The smallest absolute Gasteiger partial charge is 0.328 e. The lowest BCUT2D eigenvalue weighted by Gasteiger charge is -1.94. The minimum atomic E-state index is -0.926. The normalized spacial score (nSPS) is 10.5. The third kappa shape index (κ3) is 4.15. The first-order chi connectivity index (χ1) is 6.18. The second-order valence-electron chi connectivity index (χ2n) is 2.21. The Bertz CT molecular complexity index is 319. The monoisotopic (exact) mass is 258 g/mol. The third-order valence-corrected chi connectivity index (χ3v) is 2.57. The van der Waals surface area contributed by atoms with Crippen LogP contribution < -0.4 is 0 Å². The van der Waals surface area contributed by atoms with Gasteiger partial charge in [-0.2, -0.15) is 0 Å².